The molecule has 17 nitrogen and oxygen atoms in total. The lowest BCUT2D eigenvalue weighted by Gasteiger charge is -2.21. The van der Waals surface area contributed by atoms with Gasteiger partial charge in [-0.15, -0.1) is 0 Å². The number of allylic oxidation sites excluding steroid dienone is 16. The summed E-state index contributed by atoms with van der Waals surface area (Å²) in [6, 6.07) is 0. The second-order valence-electron chi connectivity index (χ2n) is 24.8. The molecule has 554 valence electrons. The van der Waals surface area contributed by atoms with Crippen molar-refractivity contribution in [2.24, 2.45) is 0 Å². The molecule has 0 aromatic rings. The quantitative estimate of drug-likeness (QED) is 0.0169. The molecule has 0 heterocycles. The Morgan fingerprint density at radius 3 is 0.917 bits per heavy atom. The molecule has 19 heteroatoms. The number of unbranched alkanes of at least 4 members (excludes halogenated alkanes) is 28. The number of rotatable bonds is 70. The van der Waals surface area contributed by atoms with Gasteiger partial charge in [0.2, 0.25) is 0 Å². The number of hydrogen-bond donors (Lipinski definition) is 3. The highest BCUT2D eigenvalue weighted by atomic mass is 31.2. The van der Waals surface area contributed by atoms with Gasteiger partial charge in [-0.05, 0) is 141 Å². The van der Waals surface area contributed by atoms with Crippen LogP contribution in [0, 0.1) is 0 Å². The number of phosphoric acid groups is 2. The third kappa shape index (κ3) is 68.5. The summed E-state index contributed by atoms with van der Waals surface area (Å²) in [6.07, 6.45) is 71.2. The predicted octanol–water partition coefficient (Wildman–Crippen LogP) is 21.2. The molecule has 5 unspecified atom stereocenters. The number of carbonyl (C=O) groups excluding carboxylic acids is 4. The van der Waals surface area contributed by atoms with Gasteiger partial charge in [0.1, 0.15) is 19.3 Å². The normalized spacial score (nSPS) is 14.5. The number of aliphatic hydroxyl groups excluding tert-OH is 1. The molecule has 0 fully saturated rings. The highest BCUT2D eigenvalue weighted by Crippen LogP contribution is 2.45. The van der Waals surface area contributed by atoms with Crippen molar-refractivity contribution in [3.8, 4) is 0 Å². The van der Waals surface area contributed by atoms with E-state index in [1.54, 1.807) is 0 Å². The smallest absolute Gasteiger partial charge is 0.462 e. The van der Waals surface area contributed by atoms with E-state index in [-0.39, 0.29) is 25.7 Å². The van der Waals surface area contributed by atoms with Crippen LogP contribution in [0.1, 0.15) is 310 Å². The molecule has 0 aliphatic heterocycles. The average molecular weight is 1390 g/mol. The van der Waals surface area contributed by atoms with Crippen LogP contribution in [0.5, 0.6) is 0 Å². The van der Waals surface area contributed by atoms with Gasteiger partial charge in [-0.25, -0.2) is 9.13 Å². The van der Waals surface area contributed by atoms with E-state index in [0.717, 1.165) is 167 Å². The largest absolute Gasteiger partial charge is 0.472 e. The standard InChI is InChI=1S/C77H134O17P2/c1-5-9-13-17-21-25-29-33-35-39-41-45-49-53-57-61-74(79)87-67-72(93-76(81)63-59-55-51-47-43-37-31-27-23-19-15-11-7-3)69-91-95(83,84)89-65-71(78)66-90-96(85,86)92-70-73(94-77(82)64-60-56-52-48-44-38-32-28-24-20-16-12-8-4)68-88-75(80)62-58-54-50-46-42-40-36-34-30-26-22-18-14-10-6-2/h9,13,16,20-21,25,27-28,31-36,41,45,71-73,78H,5-8,10-12,14-15,17-19,22-24,26,29-30,37-40,42-44,46-70H2,1-4H3,(H,83,84)(H,85,86)/b13-9-,20-16-,25-21-,31-27-,32-28-,35-33-,36-34-,45-41-. The lowest BCUT2D eigenvalue weighted by molar-refractivity contribution is -0.161. The molecule has 0 aliphatic carbocycles. The Morgan fingerprint density at radius 2 is 0.562 bits per heavy atom. The summed E-state index contributed by atoms with van der Waals surface area (Å²) in [5.41, 5.74) is 0. The SMILES string of the molecule is CC/C=C\C/C=C\C/C=C\C/C=C\CCCCC(=O)OCC(COP(=O)(O)OCC(O)COP(=O)(O)OCC(COC(=O)CCCCCCC/C=C\CCCCCCCC)OC(=O)CCCCCCC/C=C\C/C=C\CCC)OC(=O)CCCCCCC/C=C\CCCCCC. The number of aliphatic hydroxyl groups is 1. The minimum absolute atomic E-state index is 0.0752. The molecule has 0 spiro atoms. The molecule has 0 bridgehead atoms. The number of carbonyl (C=O) groups is 4. The minimum Gasteiger partial charge on any atom is -0.462 e. The van der Waals surface area contributed by atoms with Crippen molar-refractivity contribution in [3.63, 3.8) is 0 Å². The highest BCUT2D eigenvalue weighted by molar-refractivity contribution is 7.47. The summed E-state index contributed by atoms with van der Waals surface area (Å²) in [4.78, 5) is 72.7. The molecule has 0 aromatic heterocycles. The van der Waals surface area contributed by atoms with Crippen LogP contribution in [0.15, 0.2) is 97.2 Å². The van der Waals surface area contributed by atoms with E-state index in [1.165, 1.54) is 64.2 Å². The first kappa shape index (κ1) is 92.0. The lowest BCUT2D eigenvalue weighted by atomic mass is 10.1. The Hall–Kier alpha value is -4.02. The number of phosphoric ester groups is 2. The molecule has 0 saturated carbocycles. The first-order valence-electron chi connectivity index (χ1n) is 37.5. The fourth-order valence-electron chi connectivity index (χ4n) is 9.77. The zero-order chi connectivity index (χ0) is 70.4. The monoisotopic (exact) mass is 1390 g/mol. The fourth-order valence-corrected chi connectivity index (χ4v) is 11.3. The maximum absolute atomic E-state index is 13.1. The van der Waals surface area contributed by atoms with E-state index >= 15 is 0 Å². The van der Waals surface area contributed by atoms with Crippen molar-refractivity contribution < 1.29 is 80.2 Å². The van der Waals surface area contributed by atoms with Crippen LogP contribution >= 0.6 is 15.6 Å². The van der Waals surface area contributed by atoms with Gasteiger partial charge >= 0.3 is 39.5 Å². The Balaban J connectivity index is 5.38. The van der Waals surface area contributed by atoms with E-state index in [4.69, 9.17) is 37.0 Å². The van der Waals surface area contributed by atoms with Gasteiger partial charge in [0.25, 0.3) is 0 Å². The molecule has 0 saturated heterocycles. The average Bonchev–Trinajstić information content (AvgIpc) is 1.14. The van der Waals surface area contributed by atoms with Crippen molar-refractivity contribution in [2.75, 3.05) is 39.6 Å². The van der Waals surface area contributed by atoms with Crippen LogP contribution in [0.3, 0.4) is 0 Å². The third-order valence-electron chi connectivity index (χ3n) is 15.5. The van der Waals surface area contributed by atoms with Crippen molar-refractivity contribution in [1.29, 1.82) is 0 Å². The molecular weight excluding hydrogens is 1260 g/mol. The fraction of sp³-hybridized carbons (Fsp3) is 0.740. The summed E-state index contributed by atoms with van der Waals surface area (Å²) in [6.45, 7) is 4.60. The van der Waals surface area contributed by atoms with Crippen LogP contribution in [-0.4, -0.2) is 96.7 Å². The molecule has 0 amide bonds. The molecule has 0 rings (SSSR count). The summed E-state index contributed by atoms with van der Waals surface area (Å²) >= 11 is 0. The van der Waals surface area contributed by atoms with Crippen molar-refractivity contribution in [2.45, 2.75) is 329 Å². The van der Waals surface area contributed by atoms with Crippen LogP contribution < -0.4 is 0 Å². The van der Waals surface area contributed by atoms with Crippen molar-refractivity contribution in [1.82, 2.24) is 0 Å². The molecule has 96 heavy (non-hydrogen) atoms. The van der Waals surface area contributed by atoms with Crippen LogP contribution in [0.25, 0.3) is 0 Å². The van der Waals surface area contributed by atoms with Gasteiger partial charge in [0, 0.05) is 25.7 Å². The van der Waals surface area contributed by atoms with Crippen LogP contribution in [-0.2, 0) is 65.4 Å². The topological polar surface area (TPSA) is 237 Å². The molecule has 0 aromatic carbocycles. The van der Waals surface area contributed by atoms with Gasteiger partial charge in [0.05, 0.1) is 26.4 Å². The number of esters is 4. The Kier molecular flexibility index (Phi) is 66.6. The van der Waals surface area contributed by atoms with Gasteiger partial charge in [-0.1, -0.05) is 240 Å². The Morgan fingerprint density at radius 1 is 0.302 bits per heavy atom. The first-order valence-corrected chi connectivity index (χ1v) is 40.5. The summed E-state index contributed by atoms with van der Waals surface area (Å²) in [5.74, 6) is -2.25. The summed E-state index contributed by atoms with van der Waals surface area (Å²) in [7, 11) is -9.96. The maximum Gasteiger partial charge on any atom is 0.472 e. The number of ether oxygens (including phenoxy) is 4. The zero-order valence-corrected chi connectivity index (χ0v) is 62.1. The van der Waals surface area contributed by atoms with E-state index in [2.05, 4.69) is 125 Å². The zero-order valence-electron chi connectivity index (χ0n) is 60.3. The van der Waals surface area contributed by atoms with Gasteiger partial charge in [-0.3, -0.25) is 37.3 Å². The minimum atomic E-state index is -4.98. The molecule has 0 radical (unpaired) electrons. The third-order valence-corrected chi connectivity index (χ3v) is 17.4. The predicted molar refractivity (Wildman–Crippen MR) is 390 cm³/mol. The second kappa shape index (κ2) is 69.5. The van der Waals surface area contributed by atoms with Crippen LogP contribution in [0.4, 0.5) is 0 Å². The van der Waals surface area contributed by atoms with Crippen molar-refractivity contribution in [3.05, 3.63) is 97.2 Å². The first-order chi connectivity index (χ1) is 46.7. The van der Waals surface area contributed by atoms with Crippen LogP contribution in [0.2, 0.25) is 0 Å². The Labute approximate surface area is 582 Å². The van der Waals surface area contributed by atoms with Crippen molar-refractivity contribution >= 4 is 39.5 Å². The second-order valence-corrected chi connectivity index (χ2v) is 27.8. The lowest BCUT2D eigenvalue weighted by Crippen LogP contribution is -2.30. The highest BCUT2D eigenvalue weighted by Gasteiger charge is 2.30. The van der Waals surface area contributed by atoms with E-state index in [1.807, 2.05) is 0 Å². The molecule has 3 N–H and O–H groups in total. The Bertz CT molecular complexity index is 2200. The summed E-state index contributed by atoms with van der Waals surface area (Å²) in [5, 5.41) is 10.6. The van der Waals surface area contributed by atoms with Gasteiger partial charge in [0.15, 0.2) is 12.2 Å². The van der Waals surface area contributed by atoms with Gasteiger partial charge in [-0.2, -0.15) is 0 Å². The maximum atomic E-state index is 13.1. The van der Waals surface area contributed by atoms with Gasteiger partial charge < -0.3 is 33.8 Å². The number of hydrogen-bond acceptors (Lipinski definition) is 15. The molecule has 0 aliphatic rings. The van der Waals surface area contributed by atoms with E-state index in [0.29, 0.717) is 25.7 Å². The van der Waals surface area contributed by atoms with E-state index < -0.39 is 97.5 Å². The molecule has 5 atom stereocenters. The molecular formula is C77H134O17P2. The summed E-state index contributed by atoms with van der Waals surface area (Å²) < 4.78 is 68.3. The van der Waals surface area contributed by atoms with E-state index in [9.17, 15) is 43.2 Å².